The summed E-state index contributed by atoms with van der Waals surface area (Å²) >= 11 is 0. The van der Waals surface area contributed by atoms with E-state index in [0.29, 0.717) is 0 Å². The smallest absolute Gasteiger partial charge is 0.300 e. The minimum atomic E-state index is -1.12. The van der Waals surface area contributed by atoms with Crippen molar-refractivity contribution in [2.24, 2.45) is 0 Å². The lowest BCUT2D eigenvalue weighted by Crippen LogP contribution is -2.10. The van der Waals surface area contributed by atoms with Gasteiger partial charge in [0, 0.05) is 0 Å². The van der Waals surface area contributed by atoms with E-state index in [1.165, 1.54) is 12.1 Å². The van der Waals surface area contributed by atoms with Gasteiger partial charge >= 0.3 is 0 Å². The first-order chi connectivity index (χ1) is 6.15. The van der Waals surface area contributed by atoms with Gasteiger partial charge < -0.3 is 5.32 Å². The molecule has 66 valence electrons. The van der Waals surface area contributed by atoms with Crippen LogP contribution in [0.4, 0.5) is 14.5 Å². The number of anilines is 1. The summed E-state index contributed by atoms with van der Waals surface area (Å²) in [7, 11) is 0. The highest BCUT2D eigenvalue weighted by Crippen LogP contribution is 2.15. The number of carbonyl (C=O) groups is 1. The van der Waals surface area contributed by atoms with Crippen molar-refractivity contribution >= 4 is 11.6 Å². The largest absolute Gasteiger partial charge is 0.312 e. The van der Waals surface area contributed by atoms with Crippen LogP contribution in [0.25, 0.3) is 0 Å². The first-order valence-corrected chi connectivity index (χ1v) is 3.36. The van der Waals surface area contributed by atoms with Crippen LogP contribution in [0.5, 0.6) is 0 Å². The number of carbonyl (C=O) groups excluding carboxylic acids is 1. The second-order valence-corrected chi connectivity index (χ2v) is 2.20. The third-order valence-electron chi connectivity index (χ3n) is 1.33. The number of halogens is 2. The van der Waals surface area contributed by atoms with Gasteiger partial charge in [-0.15, -0.1) is 6.42 Å². The Morgan fingerprint density at radius 2 is 2.15 bits per heavy atom. The molecule has 1 aromatic carbocycles. The lowest BCUT2D eigenvalue weighted by molar-refractivity contribution is -0.111. The molecule has 1 aromatic rings. The predicted molar refractivity (Wildman–Crippen MR) is 43.8 cm³/mol. The van der Waals surface area contributed by atoms with Crippen LogP contribution in [0.1, 0.15) is 0 Å². The summed E-state index contributed by atoms with van der Waals surface area (Å²) in [6.45, 7) is 0. The van der Waals surface area contributed by atoms with Crippen molar-refractivity contribution in [1.82, 2.24) is 0 Å². The molecule has 0 aliphatic rings. The highest BCUT2D eigenvalue weighted by atomic mass is 19.2. The van der Waals surface area contributed by atoms with Gasteiger partial charge in [-0.25, -0.2) is 8.78 Å². The molecule has 0 fully saturated rings. The molecule has 1 N–H and O–H groups in total. The summed E-state index contributed by atoms with van der Waals surface area (Å²) in [6, 6.07) is 3.43. The van der Waals surface area contributed by atoms with Gasteiger partial charge in [-0.05, 0) is 18.1 Å². The first-order valence-electron chi connectivity index (χ1n) is 3.36. The third-order valence-corrected chi connectivity index (χ3v) is 1.33. The minimum absolute atomic E-state index is 0.261. The molecule has 4 heteroatoms. The van der Waals surface area contributed by atoms with E-state index >= 15 is 0 Å². The highest BCUT2D eigenvalue weighted by molar-refractivity contribution is 6.03. The molecule has 0 aliphatic carbocycles. The van der Waals surface area contributed by atoms with E-state index in [2.05, 4.69) is 0 Å². The van der Waals surface area contributed by atoms with Crippen LogP contribution in [-0.2, 0) is 4.79 Å². The van der Waals surface area contributed by atoms with E-state index in [9.17, 15) is 13.6 Å². The Labute approximate surface area is 73.6 Å². The molecule has 0 atom stereocenters. The number of nitrogens with one attached hydrogen (secondary N) is 1. The molecule has 0 spiro atoms. The van der Waals surface area contributed by atoms with Crippen molar-refractivity contribution in [3.8, 4) is 12.3 Å². The van der Waals surface area contributed by atoms with Crippen LogP contribution in [0.15, 0.2) is 18.2 Å². The van der Waals surface area contributed by atoms with Gasteiger partial charge in [-0.2, -0.15) is 0 Å². The van der Waals surface area contributed by atoms with Crippen LogP contribution < -0.4 is 5.32 Å². The van der Waals surface area contributed by atoms with Crippen molar-refractivity contribution in [3.05, 3.63) is 29.8 Å². The summed E-state index contributed by atoms with van der Waals surface area (Å²) in [5.41, 5.74) is -0.261. The van der Waals surface area contributed by atoms with Crippen LogP contribution in [0.2, 0.25) is 0 Å². The standard InChI is InChI=1S/C9H5F2NO/c1-2-8(13)12-7-5-3-4-6(10)9(7)11/h1,3-5H,(H,12,13). The second-order valence-electron chi connectivity index (χ2n) is 2.20. The quantitative estimate of drug-likeness (QED) is 0.654. The van der Waals surface area contributed by atoms with Gasteiger partial charge in [0.15, 0.2) is 11.6 Å². The number of amides is 1. The molecule has 2 nitrogen and oxygen atoms in total. The monoisotopic (exact) mass is 181 g/mol. The van der Waals surface area contributed by atoms with Gasteiger partial charge in [0.2, 0.25) is 0 Å². The Kier molecular flexibility index (Phi) is 2.60. The number of rotatable bonds is 1. The van der Waals surface area contributed by atoms with E-state index in [1.54, 1.807) is 5.92 Å². The number of hydrogen-bond acceptors (Lipinski definition) is 1. The number of hydrogen-bond donors (Lipinski definition) is 1. The summed E-state index contributed by atoms with van der Waals surface area (Å²) in [5.74, 6) is -1.25. The van der Waals surface area contributed by atoms with Crippen molar-refractivity contribution in [1.29, 1.82) is 0 Å². The Bertz CT molecular complexity index is 382. The lowest BCUT2D eigenvalue weighted by atomic mass is 10.3. The van der Waals surface area contributed by atoms with E-state index in [1.807, 2.05) is 5.32 Å². The Morgan fingerprint density at radius 1 is 1.46 bits per heavy atom. The van der Waals surface area contributed by atoms with Crippen molar-refractivity contribution in [2.45, 2.75) is 0 Å². The Morgan fingerprint density at radius 3 is 2.77 bits per heavy atom. The summed E-state index contributed by atoms with van der Waals surface area (Å²) in [5, 5.41) is 2.01. The first kappa shape index (κ1) is 9.20. The van der Waals surface area contributed by atoms with Crippen molar-refractivity contribution in [3.63, 3.8) is 0 Å². The van der Waals surface area contributed by atoms with Gasteiger partial charge in [-0.3, -0.25) is 4.79 Å². The average molecular weight is 181 g/mol. The molecule has 0 saturated heterocycles. The topological polar surface area (TPSA) is 29.1 Å². The average Bonchev–Trinajstić information content (AvgIpc) is 2.13. The Hall–Kier alpha value is -1.89. The van der Waals surface area contributed by atoms with Crippen LogP contribution in [0, 0.1) is 24.0 Å². The van der Waals surface area contributed by atoms with E-state index in [0.717, 1.165) is 6.07 Å². The fourth-order valence-electron chi connectivity index (χ4n) is 0.759. The highest BCUT2D eigenvalue weighted by Gasteiger charge is 2.08. The van der Waals surface area contributed by atoms with Gasteiger partial charge in [-0.1, -0.05) is 6.07 Å². The van der Waals surface area contributed by atoms with Gasteiger partial charge in [0.1, 0.15) is 0 Å². The van der Waals surface area contributed by atoms with Crippen LogP contribution in [-0.4, -0.2) is 5.91 Å². The molecule has 0 aromatic heterocycles. The van der Waals surface area contributed by atoms with Gasteiger partial charge in [0.05, 0.1) is 5.69 Å². The molecule has 1 amide bonds. The lowest BCUT2D eigenvalue weighted by Gasteiger charge is -2.02. The fraction of sp³-hybridized carbons (Fsp3) is 0. The SMILES string of the molecule is C#CC(=O)Nc1cccc(F)c1F. The summed E-state index contributed by atoms with van der Waals surface area (Å²) < 4.78 is 25.4. The van der Waals surface area contributed by atoms with Crippen LogP contribution >= 0.6 is 0 Å². The van der Waals surface area contributed by atoms with Crippen LogP contribution in [0.3, 0.4) is 0 Å². The minimum Gasteiger partial charge on any atom is -0.312 e. The fourth-order valence-corrected chi connectivity index (χ4v) is 0.759. The molecular formula is C9H5F2NO. The zero-order chi connectivity index (χ0) is 9.84. The molecular weight excluding hydrogens is 176 g/mol. The molecule has 0 bridgehead atoms. The maximum atomic E-state index is 12.8. The zero-order valence-corrected chi connectivity index (χ0v) is 6.47. The van der Waals surface area contributed by atoms with Crippen molar-refractivity contribution in [2.75, 3.05) is 5.32 Å². The summed E-state index contributed by atoms with van der Waals surface area (Å²) in [4.78, 5) is 10.6. The number of terminal acetylenes is 1. The molecule has 0 saturated carbocycles. The molecule has 1 rings (SSSR count). The molecule has 0 aliphatic heterocycles. The normalized spacial score (nSPS) is 9.00. The van der Waals surface area contributed by atoms with Crippen molar-refractivity contribution < 1.29 is 13.6 Å². The molecule has 0 radical (unpaired) electrons. The maximum Gasteiger partial charge on any atom is 0.300 e. The predicted octanol–water partition coefficient (Wildman–Crippen LogP) is 1.54. The van der Waals surface area contributed by atoms with Gasteiger partial charge in [0.25, 0.3) is 5.91 Å². The number of benzene rings is 1. The molecule has 0 heterocycles. The summed E-state index contributed by atoms with van der Waals surface area (Å²) in [6.07, 6.45) is 4.73. The molecule has 0 unspecified atom stereocenters. The maximum absolute atomic E-state index is 12.8. The van der Waals surface area contributed by atoms with E-state index in [4.69, 9.17) is 6.42 Å². The molecule has 13 heavy (non-hydrogen) atoms. The zero-order valence-electron chi connectivity index (χ0n) is 6.47. The second kappa shape index (κ2) is 3.68. The Balaban J connectivity index is 2.97. The van der Waals surface area contributed by atoms with E-state index in [-0.39, 0.29) is 5.69 Å². The van der Waals surface area contributed by atoms with E-state index < -0.39 is 17.5 Å². The third kappa shape index (κ3) is 2.03.